The number of aryl methyl sites for hydroxylation is 1. The van der Waals surface area contributed by atoms with E-state index < -0.39 is 13.7 Å². The number of amides is 2. The number of nitrogens with one attached hydrogen (secondary N) is 1. The van der Waals surface area contributed by atoms with E-state index in [0.29, 0.717) is 38.3 Å². The molecule has 1 aromatic heterocycles. The Morgan fingerprint density at radius 3 is 2.43 bits per heavy atom. The minimum absolute atomic E-state index is 0.0451. The van der Waals surface area contributed by atoms with Gasteiger partial charge in [0, 0.05) is 43.0 Å². The van der Waals surface area contributed by atoms with Crippen molar-refractivity contribution in [3.63, 3.8) is 0 Å². The summed E-state index contributed by atoms with van der Waals surface area (Å²) in [5.41, 5.74) is 4.21. The fourth-order valence-electron chi connectivity index (χ4n) is 9.43. The number of aromatic nitrogens is 3. The van der Waals surface area contributed by atoms with Gasteiger partial charge in [-0.05, 0) is 53.4 Å². The summed E-state index contributed by atoms with van der Waals surface area (Å²) in [7, 11) is -0.665. The van der Waals surface area contributed by atoms with Gasteiger partial charge in [0.15, 0.2) is 5.60 Å². The van der Waals surface area contributed by atoms with E-state index in [-0.39, 0.29) is 41.9 Å². The van der Waals surface area contributed by atoms with Crippen molar-refractivity contribution in [2.75, 3.05) is 43.2 Å². The monoisotopic (exact) mass is 770 g/mol. The number of anilines is 2. The van der Waals surface area contributed by atoms with Crippen molar-refractivity contribution in [3.05, 3.63) is 132 Å². The Bertz CT molecular complexity index is 2180. The molecule has 2 saturated heterocycles. The van der Waals surface area contributed by atoms with Gasteiger partial charge in [-0.2, -0.15) is 0 Å². The lowest BCUT2D eigenvalue weighted by atomic mass is 9.82. The first-order valence-corrected chi connectivity index (χ1v) is 22.6. The second-order valence-corrected chi connectivity index (χ2v) is 20.5. The molecule has 8 rings (SSSR count). The van der Waals surface area contributed by atoms with Crippen LogP contribution in [0.25, 0.3) is 0 Å². The smallest absolute Gasteiger partial charge is 0.264 e. The average Bonchev–Trinajstić information content (AvgIpc) is 3.88. The predicted octanol–water partition coefficient (Wildman–Crippen LogP) is 5.20. The molecular formula is C44H50N6O5Si. The molecule has 11 nitrogen and oxygen atoms in total. The molecular weight excluding hydrogens is 721 g/mol. The topological polar surface area (TPSA) is 122 Å². The largest absolute Gasteiger partial charge is 0.497 e. The Hall–Kier alpha value is -5.14. The first kappa shape index (κ1) is 37.8. The molecule has 3 aliphatic heterocycles. The maximum Gasteiger partial charge on any atom is 0.264 e. The number of fused-ring (bicyclic) bond motifs is 2. The molecule has 0 aliphatic carbocycles. The summed E-state index contributed by atoms with van der Waals surface area (Å²) in [6, 6.07) is 34.3. The zero-order valence-electron chi connectivity index (χ0n) is 32.5. The van der Waals surface area contributed by atoms with Gasteiger partial charge < -0.3 is 29.7 Å². The van der Waals surface area contributed by atoms with Crippen molar-refractivity contribution in [1.82, 2.24) is 20.3 Å². The molecule has 12 heteroatoms. The minimum atomic E-state index is -2.34. The Morgan fingerprint density at radius 1 is 0.982 bits per heavy atom. The molecule has 0 bridgehead atoms. The molecule has 4 heterocycles. The molecule has 5 atom stereocenters. The van der Waals surface area contributed by atoms with Crippen LogP contribution in [0.3, 0.4) is 0 Å². The third-order valence-corrected chi connectivity index (χ3v) is 16.7. The van der Waals surface area contributed by atoms with Crippen LogP contribution >= 0.6 is 0 Å². The lowest BCUT2D eigenvalue weighted by Gasteiger charge is -2.37. The molecule has 4 aromatic carbocycles. The van der Waals surface area contributed by atoms with Crippen LogP contribution in [0.15, 0.2) is 109 Å². The van der Waals surface area contributed by atoms with Gasteiger partial charge >= 0.3 is 0 Å². The third kappa shape index (κ3) is 6.64. The number of aliphatic hydroxyl groups excluding tert-OH is 1. The summed E-state index contributed by atoms with van der Waals surface area (Å²) >= 11 is 0. The number of methoxy groups -OCH3 is 1. The highest BCUT2D eigenvalue weighted by atomic mass is 28.3. The highest BCUT2D eigenvalue weighted by Crippen LogP contribution is 2.60. The second kappa shape index (κ2) is 15.4. The number of benzene rings is 4. The normalized spacial score (nSPS) is 22.8. The molecule has 2 amide bonds. The molecule has 1 unspecified atom stereocenters. The van der Waals surface area contributed by atoms with Crippen LogP contribution < -0.4 is 25.0 Å². The molecule has 290 valence electrons. The fraction of sp³-hybridized carbons (Fsp3) is 0.364. The lowest BCUT2D eigenvalue weighted by molar-refractivity contribution is -0.146. The van der Waals surface area contributed by atoms with E-state index in [9.17, 15) is 9.90 Å². The van der Waals surface area contributed by atoms with Gasteiger partial charge in [-0.1, -0.05) is 103 Å². The first-order chi connectivity index (χ1) is 27.1. The van der Waals surface area contributed by atoms with E-state index in [1.807, 2.05) is 106 Å². The van der Waals surface area contributed by atoms with Gasteiger partial charge in [-0.15, -0.1) is 5.10 Å². The van der Waals surface area contributed by atoms with Crippen LogP contribution in [0.4, 0.5) is 11.4 Å². The molecule has 5 aromatic rings. The number of carbonyl (C=O) groups excluding carboxylic acids is 2. The molecule has 0 radical (unpaired) electrons. The molecule has 56 heavy (non-hydrogen) atoms. The summed E-state index contributed by atoms with van der Waals surface area (Å²) in [4.78, 5) is 31.5. The number of aliphatic hydroxyl groups is 1. The van der Waals surface area contributed by atoms with Crippen molar-refractivity contribution in [2.45, 2.75) is 62.7 Å². The zero-order valence-corrected chi connectivity index (χ0v) is 33.5. The highest BCUT2D eigenvalue weighted by molar-refractivity contribution is 6.91. The summed E-state index contributed by atoms with van der Waals surface area (Å²) < 4.78 is 14.7. The van der Waals surface area contributed by atoms with Gasteiger partial charge in [-0.3, -0.25) is 14.3 Å². The molecule has 2 N–H and O–H groups in total. The van der Waals surface area contributed by atoms with Crippen molar-refractivity contribution in [2.24, 2.45) is 5.92 Å². The Balaban J connectivity index is 1.11. The number of hydrogen-bond donors (Lipinski definition) is 2. The van der Waals surface area contributed by atoms with E-state index in [2.05, 4.69) is 53.8 Å². The Labute approximate surface area is 329 Å². The fourth-order valence-corrected chi connectivity index (χ4v) is 13.5. The first-order valence-electron chi connectivity index (χ1n) is 19.6. The quantitative estimate of drug-likeness (QED) is 0.166. The van der Waals surface area contributed by atoms with E-state index in [1.165, 1.54) is 5.19 Å². The number of hydrogen-bond acceptors (Lipinski definition) is 8. The number of para-hydroxylation sites is 1. The summed E-state index contributed by atoms with van der Waals surface area (Å²) in [6.45, 7) is 9.55. The standard InChI is InChI=1S/C44H50N6O5Si/c1-30-42(56(3,4)35-20-18-34(54-2)19-21-35)40(22-24-48-28-38(46-47-48)36(29-51)32-10-6-5-7-11-32)55-44(30)37-12-8-9-13-39(37)50(43(44)53)27-31-14-16-33(17-15-31)49-25-23-45-26-41(49)52/h5-21,28,30,36,40,42,45,51H,22-27,29H2,1-4H3/t30-,36?,40+,42-,44+/m1/s1. The summed E-state index contributed by atoms with van der Waals surface area (Å²) in [5.74, 6) is 0.405. The molecule has 0 saturated carbocycles. The summed E-state index contributed by atoms with van der Waals surface area (Å²) in [6.07, 6.45) is 2.30. The van der Waals surface area contributed by atoms with Crippen molar-refractivity contribution >= 4 is 36.4 Å². The van der Waals surface area contributed by atoms with Crippen molar-refractivity contribution in [1.29, 1.82) is 0 Å². The second-order valence-electron chi connectivity index (χ2n) is 15.8. The van der Waals surface area contributed by atoms with Crippen LogP contribution in [-0.2, 0) is 33.0 Å². The SMILES string of the molecule is COc1ccc([Si](C)(C)[C@H]2[C@H](CCn3cc(C(CO)c4ccccc4)nn3)O[C@@]3(C(=O)N(Cc4ccc(N5CCNCC5=O)cc4)c4ccccc43)[C@@H]2C)cc1. The van der Waals surface area contributed by atoms with Crippen molar-refractivity contribution in [3.8, 4) is 5.75 Å². The van der Waals surface area contributed by atoms with Gasteiger partial charge in [-0.25, -0.2) is 0 Å². The van der Waals surface area contributed by atoms with Gasteiger partial charge in [0.1, 0.15) is 5.75 Å². The number of carbonyl (C=O) groups is 2. The maximum atomic E-state index is 15.2. The molecule has 3 aliphatic rings. The maximum absolute atomic E-state index is 15.2. The molecule has 1 spiro atoms. The lowest BCUT2D eigenvalue weighted by Crippen LogP contribution is -2.51. The number of ether oxygens (including phenoxy) is 2. The van der Waals surface area contributed by atoms with Gasteiger partial charge in [0.2, 0.25) is 5.91 Å². The summed E-state index contributed by atoms with van der Waals surface area (Å²) in [5, 5.41) is 23.7. The van der Waals surface area contributed by atoms with Crippen LogP contribution in [0.1, 0.15) is 41.6 Å². The highest BCUT2D eigenvalue weighted by Gasteiger charge is 2.66. The Kier molecular flexibility index (Phi) is 10.4. The van der Waals surface area contributed by atoms with Crippen LogP contribution in [-0.4, -0.2) is 79.4 Å². The van der Waals surface area contributed by atoms with Crippen LogP contribution in [0.5, 0.6) is 5.75 Å². The number of rotatable bonds is 12. The van der Waals surface area contributed by atoms with E-state index in [0.717, 1.165) is 40.4 Å². The van der Waals surface area contributed by atoms with E-state index in [4.69, 9.17) is 9.47 Å². The van der Waals surface area contributed by atoms with Crippen LogP contribution in [0.2, 0.25) is 18.6 Å². The van der Waals surface area contributed by atoms with E-state index >= 15 is 4.79 Å². The Morgan fingerprint density at radius 2 is 1.71 bits per heavy atom. The minimum Gasteiger partial charge on any atom is -0.497 e. The molecule has 2 fully saturated rings. The average molecular weight is 771 g/mol. The third-order valence-electron chi connectivity index (χ3n) is 12.4. The van der Waals surface area contributed by atoms with Gasteiger partial charge in [0.05, 0.1) is 58.3 Å². The van der Waals surface area contributed by atoms with E-state index in [1.54, 1.807) is 7.11 Å². The number of piperazine rings is 1. The number of nitrogens with zero attached hydrogens (tertiary/aromatic N) is 5. The van der Waals surface area contributed by atoms with Crippen LogP contribution in [0, 0.1) is 5.92 Å². The van der Waals surface area contributed by atoms with Crippen molar-refractivity contribution < 1.29 is 24.2 Å². The van der Waals surface area contributed by atoms with Gasteiger partial charge in [0.25, 0.3) is 5.91 Å². The zero-order chi connectivity index (χ0) is 39.0. The predicted molar refractivity (Wildman–Crippen MR) is 219 cm³/mol.